The van der Waals surface area contributed by atoms with Crippen molar-refractivity contribution in [1.29, 1.82) is 0 Å². The maximum atomic E-state index is 9.44. The molecule has 0 spiro atoms. The van der Waals surface area contributed by atoms with Gasteiger partial charge in [0.05, 0.1) is 0 Å². The van der Waals surface area contributed by atoms with E-state index in [0.29, 0.717) is 0 Å². The molecule has 0 aliphatic heterocycles. The van der Waals surface area contributed by atoms with Gasteiger partial charge in [0, 0.05) is 13.2 Å². The molecule has 0 atom stereocenters. The summed E-state index contributed by atoms with van der Waals surface area (Å²) in [5.41, 5.74) is 0.167. The second kappa shape index (κ2) is 7.00. The van der Waals surface area contributed by atoms with Crippen LogP contribution in [0.2, 0.25) is 0 Å². The molecule has 3 heteroatoms. The van der Waals surface area contributed by atoms with E-state index < -0.39 is 0 Å². The molecular formula is C9H16O3. The molecule has 0 aliphatic carbocycles. The summed E-state index contributed by atoms with van der Waals surface area (Å²) >= 11 is 0. The maximum absolute atomic E-state index is 9.44. The molecule has 0 heterocycles. The van der Waals surface area contributed by atoms with Gasteiger partial charge in [0.1, 0.15) is 0 Å². The van der Waals surface area contributed by atoms with Crippen molar-refractivity contribution in [2.24, 2.45) is 0 Å². The van der Waals surface area contributed by atoms with Crippen LogP contribution in [0, 0.1) is 0 Å². The summed E-state index contributed by atoms with van der Waals surface area (Å²) in [5.74, 6) is 0. The first-order chi connectivity index (χ1) is 5.70. The van der Waals surface area contributed by atoms with Crippen molar-refractivity contribution in [1.82, 2.24) is 0 Å². The molecule has 0 fully saturated rings. The fourth-order valence-electron chi connectivity index (χ4n) is 0.552. The first-order valence-electron chi connectivity index (χ1n) is 4.16. The SMILES string of the molecule is CCOC(C)OCC.O=c1cc1. The Hall–Kier alpha value is -0.670. The van der Waals surface area contributed by atoms with Gasteiger partial charge in [0.15, 0.2) is 11.7 Å². The van der Waals surface area contributed by atoms with E-state index in [9.17, 15) is 4.79 Å². The van der Waals surface area contributed by atoms with E-state index in [2.05, 4.69) is 0 Å². The highest BCUT2D eigenvalue weighted by atomic mass is 16.7. The van der Waals surface area contributed by atoms with Crippen LogP contribution in [0.3, 0.4) is 0 Å². The Morgan fingerprint density at radius 1 is 1.25 bits per heavy atom. The topological polar surface area (TPSA) is 35.5 Å². The zero-order chi connectivity index (χ0) is 9.40. The van der Waals surface area contributed by atoms with Gasteiger partial charge >= 0.3 is 0 Å². The van der Waals surface area contributed by atoms with Crippen molar-refractivity contribution in [3.63, 3.8) is 0 Å². The lowest BCUT2D eigenvalue weighted by Crippen LogP contribution is -2.11. The second-order valence-corrected chi connectivity index (χ2v) is 2.21. The van der Waals surface area contributed by atoms with Crippen LogP contribution in [0.1, 0.15) is 20.8 Å². The highest BCUT2D eigenvalue weighted by Crippen LogP contribution is 1.90. The number of hydrogen-bond acceptors (Lipinski definition) is 3. The van der Waals surface area contributed by atoms with E-state index in [0.717, 1.165) is 13.2 Å². The van der Waals surface area contributed by atoms with Crippen molar-refractivity contribution >= 4 is 0 Å². The summed E-state index contributed by atoms with van der Waals surface area (Å²) in [6, 6.07) is 3.06. The van der Waals surface area contributed by atoms with Crippen LogP contribution in [0.15, 0.2) is 16.9 Å². The Morgan fingerprint density at radius 2 is 1.58 bits per heavy atom. The molecule has 0 aromatic heterocycles. The van der Waals surface area contributed by atoms with Crippen LogP contribution in [-0.4, -0.2) is 19.5 Å². The predicted molar refractivity (Wildman–Crippen MR) is 47.8 cm³/mol. The standard InChI is InChI=1S/C6H14O2.C3H2O/c1-4-7-6(3)8-5-2;4-3-1-2-3/h6H,4-5H2,1-3H3;1-2H. The summed E-state index contributed by atoms with van der Waals surface area (Å²) in [6.45, 7) is 7.25. The minimum Gasteiger partial charge on any atom is -0.353 e. The summed E-state index contributed by atoms with van der Waals surface area (Å²) in [5, 5.41) is 0. The van der Waals surface area contributed by atoms with E-state index in [1.165, 1.54) is 12.1 Å². The third-order valence-electron chi connectivity index (χ3n) is 1.11. The largest absolute Gasteiger partial charge is 0.353 e. The summed E-state index contributed by atoms with van der Waals surface area (Å²) in [4.78, 5) is 9.44. The Morgan fingerprint density at radius 3 is 1.75 bits per heavy atom. The average molecular weight is 172 g/mol. The average Bonchev–Trinajstić information content (AvgIpc) is 2.74. The molecule has 0 saturated carbocycles. The Balaban J connectivity index is 0.000000247. The van der Waals surface area contributed by atoms with E-state index in [1.807, 2.05) is 20.8 Å². The fraction of sp³-hybridized carbons (Fsp3) is 0.667. The highest BCUT2D eigenvalue weighted by Gasteiger charge is 1.94. The lowest BCUT2D eigenvalue weighted by atomic mass is 10.7. The van der Waals surface area contributed by atoms with Crippen molar-refractivity contribution in [2.45, 2.75) is 27.1 Å². The monoisotopic (exact) mass is 172 g/mol. The predicted octanol–water partition coefficient (Wildman–Crippen LogP) is 1.33. The van der Waals surface area contributed by atoms with Gasteiger partial charge in [0.25, 0.3) is 0 Å². The summed E-state index contributed by atoms with van der Waals surface area (Å²) in [7, 11) is 0. The number of ether oxygens (including phenoxy) is 2. The van der Waals surface area contributed by atoms with Crippen LogP contribution in [0.5, 0.6) is 0 Å². The minimum absolute atomic E-state index is 0.0370. The van der Waals surface area contributed by atoms with E-state index >= 15 is 0 Å². The quantitative estimate of drug-likeness (QED) is 0.643. The van der Waals surface area contributed by atoms with Crippen LogP contribution in [0.25, 0.3) is 0 Å². The van der Waals surface area contributed by atoms with Crippen LogP contribution in [0.4, 0.5) is 0 Å². The zero-order valence-corrected chi connectivity index (χ0v) is 7.87. The maximum Gasteiger partial charge on any atom is 0.178 e. The van der Waals surface area contributed by atoms with Gasteiger partial charge in [-0.05, 0) is 32.9 Å². The second-order valence-electron chi connectivity index (χ2n) is 2.21. The van der Waals surface area contributed by atoms with Crippen molar-refractivity contribution in [3.8, 4) is 0 Å². The van der Waals surface area contributed by atoms with Gasteiger partial charge < -0.3 is 9.47 Å². The van der Waals surface area contributed by atoms with Gasteiger partial charge in [0.2, 0.25) is 0 Å². The molecule has 0 saturated heterocycles. The summed E-state index contributed by atoms with van der Waals surface area (Å²) < 4.78 is 10.1. The van der Waals surface area contributed by atoms with Gasteiger partial charge in [-0.1, -0.05) is 0 Å². The molecule has 70 valence electrons. The number of rotatable bonds is 4. The van der Waals surface area contributed by atoms with Crippen molar-refractivity contribution < 1.29 is 9.47 Å². The van der Waals surface area contributed by atoms with E-state index in [1.54, 1.807) is 0 Å². The zero-order valence-electron chi connectivity index (χ0n) is 7.87. The van der Waals surface area contributed by atoms with Crippen LogP contribution >= 0.6 is 0 Å². The molecule has 0 radical (unpaired) electrons. The Labute approximate surface area is 73.0 Å². The van der Waals surface area contributed by atoms with Gasteiger partial charge in [-0.3, -0.25) is 4.79 Å². The smallest absolute Gasteiger partial charge is 0.178 e. The molecule has 12 heavy (non-hydrogen) atoms. The van der Waals surface area contributed by atoms with Crippen molar-refractivity contribution in [3.05, 3.63) is 22.4 Å². The lowest BCUT2D eigenvalue weighted by Gasteiger charge is -2.09. The third-order valence-corrected chi connectivity index (χ3v) is 1.11. The fourth-order valence-corrected chi connectivity index (χ4v) is 0.552. The van der Waals surface area contributed by atoms with Gasteiger partial charge in [-0.25, -0.2) is 0 Å². The van der Waals surface area contributed by atoms with E-state index in [4.69, 9.17) is 9.47 Å². The van der Waals surface area contributed by atoms with Crippen LogP contribution in [-0.2, 0) is 9.47 Å². The minimum atomic E-state index is -0.0370. The Kier molecular flexibility index (Phi) is 6.61. The molecule has 1 aromatic rings. The molecule has 3 nitrogen and oxygen atoms in total. The lowest BCUT2D eigenvalue weighted by molar-refractivity contribution is -0.123. The molecule has 0 N–H and O–H groups in total. The molecule has 0 aliphatic rings. The molecule has 0 amide bonds. The molecular weight excluding hydrogens is 156 g/mol. The highest BCUT2D eigenvalue weighted by molar-refractivity contribution is 5.00. The van der Waals surface area contributed by atoms with Gasteiger partial charge in [-0.15, -0.1) is 0 Å². The van der Waals surface area contributed by atoms with Gasteiger partial charge in [-0.2, -0.15) is 0 Å². The first kappa shape index (κ1) is 11.3. The first-order valence-corrected chi connectivity index (χ1v) is 4.16. The number of hydrogen-bond donors (Lipinski definition) is 0. The molecule has 0 unspecified atom stereocenters. The Bertz CT molecular complexity index is 171. The van der Waals surface area contributed by atoms with E-state index in [-0.39, 0.29) is 11.7 Å². The third kappa shape index (κ3) is 9.33. The summed E-state index contributed by atoms with van der Waals surface area (Å²) in [6.07, 6.45) is -0.0370. The molecule has 1 aromatic carbocycles. The van der Waals surface area contributed by atoms with Crippen LogP contribution < -0.4 is 5.43 Å². The normalized spacial score (nSPS) is 10.0. The molecule has 1 rings (SSSR count). The van der Waals surface area contributed by atoms with Crippen molar-refractivity contribution in [2.75, 3.05) is 13.2 Å². The molecule has 0 bridgehead atoms.